The van der Waals surface area contributed by atoms with Gasteiger partial charge in [-0.2, -0.15) is 0 Å². The van der Waals surface area contributed by atoms with Crippen LogP contribution in [0.25, 0.3) is 0 Å². The summed E-state index contributed by atoms with van der Waals surface area (Å²) in [4.78, 5) is 24.8. The van der Waals surface area contributed by atoms with Gasteiger partial charge in [-0.05, 0) is 31.9 Å². The van der Waals surface area contributed by atoms with Crippen molar-refractivity contribution >= 4 is 44.6 Å². The van der Waals surface area contributed by atoms with Crippen LogP contribution in [0.1, 0.15) is 30.1 Å². The van der Waals surface area contributed by atoms with Crippen molar-refractivity contribution in [1.82, 2.24) is 0 Å². The molecule has 1 fully saturated rings. The number of ether oxygens (including phenoxy) is 1. The molecule has 0 atom stereocenters. The Labute approximate surface area is 150 Å². The number of carbonyl (C=O) groups excluding carboxylic acids is 2. The number of rotatable bonds is 7. The van der Waals surface area contributed by atoms with E-state index in [-0.39, 0.29) is 37.8 Å². The van der Waals surface area contributed by atoms with Crippen molar-refractivity contribution in [2.24, 2.45) is 5.92 Å². The lowest BCUT2D eigenvalue weighted by Gasteiger charge is -2.10. The summed E-state index contributed by atoms with van der Waals surface area (Å²) in [5.41, 5.74) is -0.140. The molecule has 24 heavy (non-hydrogen) atoms. The van der Waals surface area contributed by atoms with Gasteiger partial charge < -0.3 is 4.74 Å². The molecule has 0 spiro atoms. The fraction of sp³-hybridized carbons (Fsp3) is 0.375. The van der Waals surface area contributed by atoms with Crippen LogP contribution in [0.15, 0.2) is 28.9 Å². The Kier molecular flexibility index (Phi) is 5.73. The van der Waals surface area contributed by atoms with E-state index < -0.39 is 15.6 Å². The van der Waals surface area contributed by atoms with E-state index in [2.05, 4.69) is 0 Å². The van der Waals surface area contributed by atoms with Gasteiger partial charge in [0.25, 0.3) is 0 Å². The highest BCUT2D eigenvalue weighted by Crippen LogP contribution is 2.36. The maximum Gasteiger partial charge on any atom is 0.201 e. The Morgan fingerprint density at radius 3 is 2.38 bits per heavy atom. The molecule has 1 aliphatic rings. The van der Waals surface area contributed by atoms with E-state index in [0.717, 1.165) is 25.4 Å². The number of sulfone groups is 1. The molecule has 0 aromatic heterocycles. The average Bonchev–Trinajstić information content (AvgIpc) is 3.33. The third-order valence-corrected chi connectivity index (χ3v) is 5.65. The number of allylic oxidation sites excluding steroid dienone is 1. The molecule has 5 nitrogen and oxygen atoms in total. The van der Waals surface area contributed by atoms with Crippen LogP contribution in [0.2, 0.25) is 10.0 Å². The Morgan fingerprint density at radius 1 is 1.25 bits per heavy atom. The summed E-state index contributed by atoms with van der Waals surface area (Å²) in [5.74, 6) is -1.11. The van der Waals surface area contributed by atoms with Crippen LogP contribution >= 0.6 is 23.2 Å². The van der Waals surface area contributed by atoms with Crippen LogP contribution in [0.5, 0.6) is 0 Å². The van der Waals surface area contributed by atoms with Gasteiger partial charge in [-0.1, -0.05) is 23.2 Å². The minimum atomic E-state index is -3.59. The second-order valence-corrected chi connectivity index (χ2v) is 8.21. The maximum absolute atomic E-state index is 12.7. The number of hydrogen-bond acceptors (Lipinski definition) is 5. The highest BCUT2D eigenvalue weighted by atomic mass is 35.5. The average molecular weight is 391 g/mol. The number of ketones is 2. The molecule has 0 amide bonds. The van der Waals surface area contributed by atoms with Crippen molar-refractivity contribution in [1.29, 1.82) is 0 Å². The van der Waals surface area contributed by atoms with Gasteiger partial charge in [0.1, 0.15) is 5.57 Å². The van der Waals surface area contributed by atoms with Crippen LogP contribution < -0.4 is 0 Å². The minimum absolute atomic E-state index is 0.0333. The van der Waals surface area contributed by atoms with E-state index in [9.17, 15) is 18.0 Å². The summed E-state index contributed by atoms with van der Waals surface area (Å²) < 4.78 is 28.4. The fourth-order valence-corrected chi connectivity index (χ4v) is 3.73. The zero-order chi connectivity index (χ0) is 18.1. The number of benzene rings is 1. The minimum Gasteiger partial charge on any atom is -0.501 e. The third kappa shape index (κ3) is 3.99. The van der Waals surface area contributed by atoms with Crippen molar-refractivity contribution < 1.29 is 22.7 Å². The maximum atomic E-state index is 12.7. The third-order valence-electron chi connectivity index (χ3n) is 3.52. The molecule has 1 aliphatic carbocycles. The van der Waals surface area contributed by atoms with Gasteiger partial charge in [0.2, 0.25) is 5.78 Å². The summed E-state index contributed by atoms with van der Waals surface area (Å²) in [6.07, 6.45) is 3.59. The van der Waals surface area contributed by atoms with E-state index in [1.54, 1.807) is 6.92 Å². The molecule has 0 N–H and O–H groups in total. The van der Waals surface area contributed by atoms with Crippen LogP contribution in [0.4, 0.5) is 0 Å². The number of hydrogen-bond donors (Lipinski definition) is 0. The first-order valence-electron chi connectivity index (χ1n) is 7.27. The Bertz CT molecular complexity index is 823. The molecule has 1 saturated carbocycles. The Morgan fingerprint density at radius 2 is 1.88 bits per heavy atom. The van der Waals surface area contributed by atoms with Gasteiger partial charge in [-0.3, -0.25) is 9.59 Å². The van der Waals surface area contributed by atoms with Crippen molar-refractivity contribution in [3.63, 3.8) is 0 Å². The SMILES string of the molecule is CCOC=C(C(=O)c1ccc(S(C)(=O)=O)c(Cl)c1Cl)C(=O)C1CC1. The molecule has 1 aromatic rings. The van der Waals surface area contributed by atoms with Crippen molar-refractivity contribution in [3.8, 4) is 0 Å². The molecule has 130 valence electrons. The number of halogens is 2. The smallest absolute Gasteiger partial charge is 0.201 e. The van der Waals surface area contributed by atoms with Gasteiger partial charge in [-0.25, -0.2) is 8.42 Å². The van der Waals surface area contributed by atoms with E-state index in [0.29, 0.717) is 6.61 Å². The number of Topliss-reactive ketones (excluding diaryl/α,β-unsaturated/α-hetero) is 2. The number of carbonyl (C=O) groups is 2. The molecule has 8 heteroatoms. The topological polar surface area (TPSA) is 77.5 Å². The van der Waals surface area contributed by atoms with Gasteiger partial charge in [0.15, 0.2) is 15.6 Å². The van der Waals surface area contributed by atoms with Gasteiger partial charge >= 0.3 is 0 Å². The lowest BCUT2D eigenvalue weighted by Crippen LogP contribution is -2.16. The largest absolute Gasteiger partial charge is 0.501 e. The molecule has 1 aromatic carbocycles. The second-order valence-electron chi connectivity index (χ2n) is 5.47. The van der Waals surface area contributed by atoms with E-state index in [1.165, 1.54) is 12.1 Å². The molecule has 0 radical (unpaired) electrons. The standard InChI is InChI=1S/C16H16Cl2O5S/c1-3-23-8-11(15(19)9-4-5-9)16(20)10-6-7-12(24(2,21)22)14(18)13(10)17/h6-9H,3-5H2,1-2H3. The first-order valence-corrected chi connectivity index (χ1v) is 9.92. The molecule has 0 heterocycles. The lowest BCUT2D eigenvalue weighted by atomic mass is 9.98. The van der Waals surface area contributed by atoms with Crippen LogP contribution in [-0.4, -0.2) is 32.8 Å². The quantitative estimate of drug-likeness (QED) is 0.234. The highest BCUT2D eigenvalue weighted by molar-refractivity contribution is 7.90. The molecular formula is C16H16Cl2O5S. The monoisotopic (exact) mass is 390 g/mol. The second kappa shape index (κ2) is 7.25. The summed E-state index contributed by atoms with van der Waals surface area (Å²) in [7, 11) is -3.59. The Hall–Kier alpha value is -1.37. The predicted molar refractivity (Wildman–Crippen MR) is 91.3 cm³/mol. The van der Waals surface area contributed by atoms with Crippen LogP contribution in [0.3, 0.4) is 0 Å². The Balaban J connectivity index is 2.47. The predicted octanol–water partition coefficient (Wildman–Crippen LogP) is 3.48. The zero-order valence-corrected chi connectivity index (χ0v) is 15.5. The van der Waals surface area contributed by atoms with Crippen molar-refractivity contribution in [3.05, 3.63) is 39.6 Å². The fourth-order valence-electron chi connectivity index (χ4n) is 2.09. The molecule has 0 aliphatic heterocycles. The lowest BCUT2D eigenvalue weighted by molar-refractivity contribution is -0.116. The van der Waals surface area contributed by atoms with E-state index in [4.69, 9.17) is 27.9 Å². The summed E-state index contributed by atoms with van der Waals surface area (Å²) >= 11 is 12.1. The van der Waals surface area contributed by atoms with E-state index in [1.807, 2.05) is 0 Å². The van der Waals surface area contributed by atoms with E-state index >= 15 is 0 Å². The summed E-state index contributed by atoms with van der Waals surface area (Å²) in [6, 6.07) is 2.46. The normalized spacial score (nSPS) is 15.2. The summed E-state index contributed by atoms with van der Waals surface area (Å²) in [5, 5.41) is -0.435. The van der Waals surface area contributed by atoms with Crippen molar-refractivity contribution in [2.75, 3.05) is 12.9 Å². The van der Waals surface area contributed by atoms with Gasteiger partial charge in [0, 0.05) is 17.7 Å². The van der Waals surface area contributed by atoms with Crippen LogP contribution in [0, 0.1) is 5.92 Å². The molecule has 0 unspecified atom stereocenters. The molecule has 0 bridgehead atoms. The van der Waals surface area contributed by atoms with Crippen LogP contribution in [-0.2, 0) is 19.4 Å². The van der Waals surface area contributed by atoms with Crippen molar-refractivity contribution in [2.45, 2.75) is 24.7 Å². The zero-order valence-electron chi connectivity index (χ0n) is 13.1. The first kappa shape index (κ1) is 19.0. The van der Waals surface area contributed by atoms with Gasteiger partial charge in [0.05, 0.1) is 27.8 Å². The molecule has 2 rings (SSSR count). The molecule has 0 saturated heterocycles. The highest BCUT2D eigenvalue weighted by Gasteiger charge is 2.36. The van der Waals surface area contributed by atoms with Gasteiger partial charge in [-0.15, -0.1) is 0 Å². The summed E-state index contributed by atoms with van der Waals surface area (Å²) in [6.45, 7) is 2.03. The molecular weight excluding hydrogens is 375 g/mol. The first-order chi connectivity index (χ1) is 11.2.